The maximum absolute atomic E-state index is 12.5. The monoisotopic (exact) mass is 327 g/mol. The molecule has 0 spiro atoms. The first-order chi connectivity index (χ1) is 11.2. The lowest BCUT2D eigenvalue weighted by molar-refractivity contribution is -0.116. The normalized spacial score (nSPS) is 40.0. The third-order valence-electron chi connectivity index (χ3n) is 7.31. The standard InChI is InChI=1S/C21H29NO2/c1-13-6-5-7-18-20(13,3)9-8-14(2)21(18,4)12-15-10-16(23)11-17(22)19(15)24/h10-11,14,18H,1,5-9,12,22H2,2-4H3/t14-,18+,20-,21+/m0/s1. The molecular formula is C21H29NO2. The third-order valence-corrected chi connectivity index (χ3v) is 7.31. The van der Waals surface area contributed by atoms with E-state index in [1.165, 1.54) is 37.0 Å². The number of nitrogens with two attached hydrogens (primary N) is 1. The van der Waals surface area contributed by atoms with Crippen LogP contribution in [-0.2, 0) is 9.59 Å². The molecule has 3 heteroatoms. The minimum Gasteiger partial charge on any atom is -0.395 e. The largest absolute Gasteiger partial charge is 0.395 e. The molecule has 24 heavy (non-hydrogen) atoms. The molecule has 0 aliphatic heterocycles. The summed E-state index contributed by atoms with van der Waals surface area (Å²) in [6.45, 7) is 11.4. The summed E-state index contributed by atoms with van der Waals surface area (Å²) in [5.74, 6) is 0.693. The Morgan fingerprint density at radius 2 is 1.96 bits per heavy atom. The van der Waals surface area contributed by atoms with Crippen LogP contribution in [0.15, 0.2) is 35.6 Å². The minimum atomic E-state index is -0.162. The van der Waals surface area contributed by atoms with E-state index in [2.05, 4.69) is 27.4 Å². The number of Topliss-reactive ketones (excluding diaryl/α,β-unsaturated/α-hetero) is 1. The van der Waals surface area contributed by atoms with E-state index in [0.29, 0.717) is 23.8 Å². The van der Waals surface area contributed by atoms with Gasteiger partial charge in [-0.1, -0.05) is 32.9 Å². The van der Waals surface area contributed by atoms with Gasteiger partial charge >= 0.3 is 0 Å². The van der Waals surface area contributed by atoms with Crippen LogP contribution in [0, 0.1) is 22.7 Å². The topological polar surface area (TPSA) is 60.2 Å². The van der Waals surface area contributed by atoms with Crippen LogP contribution < -0.4 is 5.73 Å². The highest BCUT2D eigenvalue weighted by Crippen LogP contribution is 2.63. The van der Waals surface area contributed by atoms with Gasteiger partial charge in [-0.2, -0.15) is 0 Å². The van der Waals surface area contributed by atoms with Gasteiger partial charge in [0.05, 0.1) is 5.70 Å². The first kappa shape index (κ1) is 17.2. The fourth-order valence-electron chi connectivity index (χ4n) is 5.49. The Labute approximate surface area is 145 Å². The second-order valence-corrected chi connectivity index (χ2v) is 8.59. The van der Waals surface area contributed by atoms with Crippen LogP contribution in [0.25, 0.3) is 0 Å². The van der Waals surface area contributed by atoms with Gasteiger partial charge in [-0.3, -0.25) is 9.59 Å². The van der Waals surface area contributed by atoms with Gasteiger partial charge < -0.3 is 5.73 Å². The van der Waals surface area contributed by atoms with Crippen molar-refractivity contribution in [2.75, 3.05) is 0 Å². The Morgan fingerprint density at radius 1 is 1.25 bits per heavy atom. The van der Waals surface area contributed by atoms with Crippen LogP contribution in [0.3, 0.4) is 0 Å². The highest BCUT2D eigenvalue weighted by molar-refractivity contribution is 6.19. The molecule has 3 nitrogen and oxygen atoms in total. The molecule has 0 unspecified atom stereocenters. The number of hydrogen-bond donors (Lipinski definition) is 1. The maximum Gasteiger partial charge on any atom is 0.204 e. The predicted molar refractivity (Wildman–Crippen MR) is 96.1 cm³/mol. The molecule has 0 heterocycles. The zero-order valence-electron chi connectivity index (χ0n) is 15.2. The molecule has 3 rings (SSSR count). The van der Waals surface area contributed by atoms with Crippen molar-refractivity contribution < 1.29 is 9.59 Å². The van der Waals surface area contributed by atoms with E-state index in [1.807, 2.05) is 0 Å². The van der Waals surface area contributed by atoms with Crippen LogP contribution >= 0.6 is 0 Å². The van der Waals surface area contributed by atoms with Crippen LogP contribution in [-0.4, -0.2) is 11.6 Å². The Morgan fingerprint density at radius 3 is 2.67 bits per heavy atom. The molecule has 130 valence electrons. The van der Waals surface area contributed by atoms with E-state index in [1.54, 1.807) is 0 Å². The van der Waals surface area contributed by atoms with Crippen molar-refractivity contribution in [1.82, 2.24) is 0 Å². The quantitative estimate of drug-likeness (QED) is 0.613. The number of hydrogen-bond acceptors (Lipinski definition) is 3. The van der Waals surface area contributed by atoms with Crippen molar-refractivity contribution in [1.29, 1.82) is 0 Å². The summed E-state index contributed by atoms with van der Waals surface area (Å²) < 4.78 is 0. The highest BCUT2D eigenvalue weighted by Gasteiger charge is 2.54. The van der Waals surface area contributed by atoms with Crippen LogP contribution in [0.4, 0.5) is 0 Å². The van der Waals surface area contributed by atoms with Gasteiger partial charge in [0.1, 0.15) is 0 Å². The molecular weight excluding hydrogens is 298 g/mol. The van der Waals surface area contributed by atoms with Crippen LogP contribution in [0.2, 0.25) is 0 Å². The number of carbonyl (C=O) groups excluding carboxylic acids is 2. The molecule has 0 radical (unpaired) electrons. The fraction of sp³-hybridized carbons (Fsp3) is 0.619. The second-order valence-electron chi connectivity index (χ2n) is 8.59. The van der Waals surface area contributed by atoms with Crippen molar-refractivity contribution in [3.05, 3.63) is 35.6 Å². The number of allylic oxidation sites excluding steroid dienone is 4. The van der Waals surface area contributed by atoms with Crippen LogP contribution in [0.1, 0.15) is 59.3 Å². The molecule has 2 saturated carbocycles. The van der Waals surface area contributed by atoms with Gasteiger partial charge in [0.25, 0.3) is 0 Å². The average molecular weight is 327 g/mol. The van der Waals surface area contributed by atoms with Gasteiger partial charge in [0.15, 0.2) is 5.78 Å². The molecule has 0 aromatic rings. The van der Waals surface area contributed by atoms with Crippen molar-refractivity contribution in [2.24, 2.45) is 28.4 Å². The summed E-state index contributed by atoms with van der Waals surface area (Å²) in [4.78, 5) is 24.3. The lowest BCUT2D eigenvalue weighted by Crippen LogP contribution is -2.50. The van der Waals surface area contributed by atoms with E-state index in [-0.39, 0.29) is 28.1 Å². The van der Waals surface area contributed by atoms with E-state index < -0.39 is 0 Å². The second kappa shape index (κ2) is 5.72. The lowest BCUT2D eigenvalue weighted by atomic mass is 9.46. The summed E-state index contributed by atoms with van der Waals surface area (Å²) in [6, 6.07) is 0. The van der Waals surface area contributed by atoms with Gasteiger partial charge in [0.2, 0.25) is 5.78 Å². The third kappa shape index (κ3) is 2.49. The van der Waals surface area contributed by atoms with Gasteiger partial charge in [-0.05, 0) is 67.3 Å². The van der Waals surface area contributed by atoms with Crippen molar-refractivity contribution in [3.8, 4) is 0 Å². The van der Waals surface area contributed by atoms with Crippen molar-refractivity contribution >= 4 is 11.6 Å². The molecule has 0 bridgehead atoms. The zero-order valence-corrected chi connectivity index (χ0v) is 15.2. The fourth-order valence-corrected chi connectivity index (χ4v) is 5.49. The van der Waals surface area contributed by atoms with E-state index in [9.17, 15) is 9.59 Å². The smallest absolute Gasteiger partial charge is 0.204 e. The molecule has 2 fully saturated rings. The minimum absolute atomic E-state index is 0.00421. The Hall–Kier alpha value is -1.64. The molecule has 0 aromatic heterocycles. The summed E-state index contributed by atoms with van der Waals surface area (Å²) in [6.07, 6.45) is 9.18. The summed E-state index contributed by atoms with van der Waals surface area (Å²) in [5, 5.41) is 0. The first-order valence-corrected chi connectivity index (χ1v) is 9.13. The molecule has 0 saturated heterocycles. The van der Waals surface area contributed by atoms with E-state index in [4.69, 9.17) is 5.73 Å². The first-order valence-electron chi connectivity index (χ1n) is 9.13. The molecule has 4 atom stereocenters. The van der Waals surface area contributed by atoms with Gasteiger partial charge in [-0.15, -0.1) is 0 Å². The van der Waals surface area contributed by atoms with Crippen molar-refractivity contribution in [2.45, 2.75) is 59.3 Å². The van der Waals surface area contributed by atoms with E-state index in [0.717, 1.165) is 12.8 Å². The number of ketones is 2. The molecule has 3 aliphatic rings. The molecule has 0 aromatic carbocycles. The Bertz CT molecular complexity index is 671. The summed E-state index contributed by atoms with van der Waals surface area (Å²) >= 11 is 0. The van der Waals surface area contributed by atoms with Gasteiger partial charge in [-0.25, -0.2) is 0 Å². The summed E-state index contributed by atoms with van der Waals surface area (Å²) in [7, 11) is 0. The zero-order chi connectivity index (χ0) is 17.7. The number of rotatable bonds is 2. The number of fused-ring (bicyclic) bond motifs is 1. The molecule has 2 N–H and O–H groups in total. The maximum atomic E-state index is 12.5. The number of carbonyl (C=O) groups is 2. The highest BCUT2D eigenvalue weighted by atomic mass is 16.1. The Kier molecular flexibility index (Phi) is 4.09. The average Bonchev–Trinajstić information content (AvgIpc) is 2.51. The Balaban J connectivity index is 1.96. The molecule has 0 amide bonds. The lowest BCUT2D eigenvalue weighted by Gasteiger charge is -2.59. The van der Waals surface area contributed by atoms with Gasteiger partial charge in [0, 0.05) is 11.6 Å². The molecule has 3 aliphatic carbocycles. The van der Waals surface area contributed by atoms with E-state index >= 15 is 0 Å². The predicted octanol–water partition coefficient (Wildman–Crippen LogP) is 4.10. The van der Waals surface area contributed by atoms with Crippen LogP contribution in [0.5, 0.6) is 0 Å². The van der Waals surface area contributed by atoms with Crippen molar-refractivity contribution in [3.63, 3.8) is 0 Å². The summed E-state index contributed by atoms with van der Waals surface area (Å²) in [5.41, 5.74) is 7.96. The SMILES string of the molecule is C=C1CCC[C@H]2[C@](C)(CC3=CC(=O)C=C(N)C3=O)[C@@H](C)CC[C@@]12C.